The fourth-order valence-corrected chi connectivity index (χ4v) is 5.35. The van der Waals surface area contributed by atoms with Crippen LogP contribution in [0.1, 0.15) is 40.6 Å². The summed E-state index contributed by atoms with van der Waals surface area (Å²) in [6, 6.07) is 8.04. The van der Waals surface area contributed by atoms with Gasteiger partial charge in [0.15, 0.2) is 12.1 Å². The number of oxazole rings is 1. The van der Waals surface area contributed by atoms with Crippen molar-refractivity contribution in [1.29, 1.82) is 0 Å². The lowest BCUT2D eigenvalue weighted by Gasteiger charge is -2.51. The monoisotopic (exact) mass is 353 g/mol. The summed E-state index contributed by atoms with van der Waals surface area (Å²) in [5.74, 6) is 1.60. The van der Waals surface area contributed by atoms with E-state index >= 15 is 0 Å². The molecule has 0 unspecified atom stereocenters. The Morgan fingerprint density at radius 3 is 2.77 bits per heavy atom. The summed E-state index contributed by atoms with van der Waals surface area (Å²) < 4.78 is 5.27. The van der Waals surface area contributed by atoms with Crippen LogP contribution in [0.15, 0.2) is 35.1 Å². The molecule has 0 aliphatic carbocycles. The number of carbonyl (C=O) groups is 1. The van der Waals surface area contributed by atoms with Crippen molar-refractivity contribution >= 4 is 5.91 Å². The predicted octanol–water partition coefficient (Wildman–Crippen LogP) is 2.39. The Kier molecular flexibility index (Phi) is 3.57. The largest absolute Gasteiger partial charge is 0.508 e. The maximum atomic E-state index is 13.2. The van der Waals surface area contributed by atoms with Gasteiger partial charge in [-0.3, -0.25) is 9.69 Å². The van der Waals surface area contributed by atoms with E-state index in [1.165, 1.54) is 6.39 Å². The van der Waals surface area contributed by atoms with Gasteiger partial charge in [-0.05, 0) is 56.5 Å². The van der Waals surface area contributed by atoms with Gasteiger partial charge in [0.05, 0.1) is 6.04 Å². The number of phenolic OH excluding ortho intramolecular Hbond substituents is 1. The molecule has 6 rings (SSSR count). The summed E-state index contributed by atoms with van der Waals surface area (Å²) in [6.45, 7) is 4.66. The van der Waals surface area contributed by atoms with Crippen LogP contribution in [-0.4, -0.2) is 57.5 Å². The molecule has 0 radical (unpaired) electrons. The highest BCUT2D eigenvalue weighted by Gasteiger charge is 2.55. The van der Waals surface area contributed by atoms with E-state index in [4.69, 9.17) is 4.42 Å². The summed E-state index contributed by atoms with van der Waals surface area (Å²) in [7, 11) is 0. The highest BCUT2D eigenvalue weighted by molar-refractivity contribution is 5.93. The number of aromatic hydroxyl groups is 1. The predicted molar refractivity (Wildman–Crippen MR) is 95.0 cm³/mol. The summed E-state index contributed by atoms with van der Waals surface area (Å²) in [4.78, 5) is 22.0. The van der Waals surface area contributed by atoms with Crippen molar-refractivity contribution in [2.45, 2.75) is 37.8 Å². The first kappa shape index (κ1) is 15.9. The SMILES string of the molecule is Cc1ocnc1C(=O)N1C[C@H](c2cccc(O)c2)[C@H]2[C@@H]1C1CCN2CC1. The number of phenols is 1. The molecule has 1 aromatic carbocycles. The van der Waals surface area contributed by atoms with E-state index in [0.717, 1.165) is 31.5 Å². The van der Waals surface area contributed by atoms with E-state index in [9.17, 15) is 9.90 Å². The van der Waals surface area contributed by atoms with Crippen LogP contribution in [0.25, 0.3) is 0 Å². The molecule has 5 heterocycles. The van der Waals surface area contributed by atoms with Crippen LogP contribution in [0.4, 0.5) is 0 Å². The lowest BCUT2D eigenvalue weighted by Crippen LogP contribution is -2.60. The Hall–Kier alpha value is -2.34. The molecule has 136 valence electrons. The lowest BCUT2D eigenvalue weighted by molar-refractivity contribution is -0.00362. The summed E-state index contributed by atoms with van der Waals surface area (Å²) in [5, 5.41) is 9.95. The molecule has 1 aromatic heterocycles. The molecule has 4 aliphatic rings. The van der Waals surface area contributed by atoms with Gasteiger partial charge in [0.25, 0.3) is 5.91 Å². The molecule has 2 aromatic rings. The number of hydrogen-bond donors (Lipinski definition) is 1. The second kappa shape index (κ2) is 5.84. The van der Waals surface area contributed by atoms with Crippen molar-refractivity contribution in [3.8, 4) is 5.75 Å². The zero-order valence-electron chi connectivity index (χ0n) is 14.8. The molecule has 6 heteroatoms. The molecule has 6 nitrogen and oxygen atoms in total. The molecule has 4 saturated heterocycles. The average Bonchev–Trinajstić information content (AvgIpc) is 3.27. The second-order valence-electron chi connectivity index (χ2n) is 7.77. The summed E-state index contributed by atoms with van der Waals surface area (Å²) >= 11 is 0. The standard InChI is InChI=1S/C20H23N3O3/c1-12-17(21-11-26-12)20(25)23-10-16(14-3-2-4-15(24)9-14)19-18(23)13-5-7-22(19)8-6-13/h2-4,9,11,13,16,18-19,24H,5-8,10H2,1H3/t16-,18+,19+/m1/s1. The molecule has 4 fully saturated rings. The minimum Gasteiger partial charge on any atom is -0.508 e. The van der Waals surface area contributed by atoms with E-state index in [1.807, 2.05) is 17.0 Å². The van der Waals surface area contributed by atoms with Gasteiger partial charge < -0.3 is 14.4 Å². The van der Waals surface area contributed by atoms with Gasteiger partial charge in [-0.2, -0.15) is 0 Å². The topological polar surface area (TPSA) is 69.8 Å². The first-order valence-electron chi connectivity index (χ1n) is 9.37. The maximum Gasteiger partial charge on any atom is 0.276 e. The average molecular weight is 353 g/mol. The van der Waals surface area contributed by atoms with Gasteiger partial charge in [-0.15, -0.1) is 0 Å². The summed E-state index contributed by atoms with van der Waals surface area (Å²) in [6.07, 6.45) is 3.64. The van der Waals surface area contributed by atoms with Gasteiger partial charge in [-0.25, -0.2) is 4.98 Å². The first-order valence-corrected chi connectivity index (χ1v) is 9.37. The van der Waals surface area contributed by atoms with Crippen LogP contribution in [0.3, 0.4) is 0 Å². The third-order valence-corrected chi connectivity index (χ3v) is 6.50. The third kappa shape index (κ3) is 2.28. The number of piperidine rings is 3. The van der Waals surface area contributed by atoms with Gasteiger partial charge >= 0.3 is 0 Å². The smallest absolute Gasteiger partial charge is 0.276 e. The number of amides is 1. The Morgan fingerprint density at radius 1 is 1.27 bits per heavy atom. The van der Waals surface area contributed by atoms with Gasteiger partial charge in [0.1, 0.15) is 11.5 Å². The third-order valence-electron chi connectivity index (χ3n) is 6.50. The Bertz CT molecular complexity index is 840. The maximum absolute atomic E-state index is 13.2. The van der Waals surface area contributed by atoms with Gasteiger partial charge in [0.2, 0.25) is 0 Å². The molecule has 3 atom stereocenters. The molecular formula is C20H23N3O3. The first-order chi connectivity index (χ1) is 12.6. The number of rotatable bonds is 2. The van der Waals surface area contributed by atoms with E-state index in [0.29, 0.717) is 30.0 Å². The highest BCUT2D eigenvalue weighted by atomic mass is 16.3. The Labute approximate surface area is 152 Å². The summed E-state index contributed by atoms with van der Waals surface area (Å²) in [5.41, 5.74) is 1.54. The number of carbonyl (C=O) groups excluding carboxylic acids is 1. The fraction of sp³-hybridized carbons (Fsp3) is 0.500. The van der Waals surface area contributed by atoms with Crippen LogP contribution in [0.2, 0.25) is 0 Å². The molecule has 4 aliphatic heterocycles. The van der Waals surface area contributed by atoms with Crippen LogP contribution >= 0.6 is 0 Å². The minimum atomic E-state index is -0.0253. The van der Waals surface area contributed by atoms with E-state index in [2.05, 4.69) is 16.0 Å². The van der Waals surface area contributed by atoms with Crippen molar-refractivity contribution in [2.24, 2.45) is 5.92 Å². The van der Waals surface area contributed by atoms with Crippen LogP contribution in [0.5, 0.6) is 5.75 Å². The van der Waals surface area contributed by atoms with E-state index in [1.54, 1.807) is 13.0 Å². The van der Waals surface area contributed by atoms with Crippen molar-refractivity contribution < 1.29 is 14.3 Å². The van der Waals surface area contributed by atoms with Crippen molar-refractivity contribution in [2.75, 3.05) is 19.6 Å². The molecule has 1 N–H and O–H groups in total. The number of hydrogen-bond acceptors (Lipinski definition) is 5. The zero-order valence-corrected chi connectivity index (χ0v) is 14.8. The van der Waals surface area contributed by atoms with Crippen LogP contribution < -0.4 is 0 Å². The normalized spacial score (nSPS) is 32.7. The molecule has 1 amide bonds. The van der Waals surface area contributed by atoms with Crippen molar-refractivity contribution in [3.63, 3.8) is 0 Å². The van der Waals surface area contributed by atoms with Gasteiger partial charge in [-0.1, -0.05) is 12.1 Å². The van der Waals surface area contributed by atoms with Crippen molar-refractivity contribution in [1.82, 2.24) is 14.8 Å². The number of likely N-dealkylation sites (tertiary alicyclic amines) is 1. The molecule has 0 spiro atoms. The second-order valence-corrected chi connectivity index (χ2v) is 7.77. The quantitative estimate of drug-likeness (QED) is 0.898. The van der Waals surface area contributed by atoms with Crippen molar-refractivity contribution in [3.05, 3.63) is 47.7 Å². The minimum absolute atomic E-state index is 0.0253. The zero-order chi connectivity index (χ0) is 17.8. The number of nitrogens with zero attached hydrogens (tertiary/aromatic N) is 3. The molecule has 26 heavy (non-hydrogen) atoms. The molecule has 2 bridgehead atoms. The Balaban J connectivity index is 1.55. The van der Waals surface area contributed by atoms with Crippen LogP contribution in [0, 0.1) is 12.8 Å². The number of benzene rings is 1. The highest BCUT2D eigenvalue weighted by Crippen LogP contribution is 2.47. The molecule has 0 saturated carbocycles. The Morgan fingerprint density at radius 2 is 2.08 bits per heavy atom. The van der Waals surface area contributed by atoms with Gasteiger partial charge in [0, 0.05) is 18.5 Å². The van der Waals surface area contributed by atoms with E-state index in [-0.39, 0.29) is 23.6 Å². The van der Waals surface area contributed by atoms with Crippen LogP contribution in [-0.2, 0) is 0 Å². The lowest BCUT2D eigenvalue weighted by atomic mass is 9.75. The fourth-order valence-electron chi connectivity index (χ4n) is 5.35. The number of fused-ring (bicyclic) bond motifs is 2. The van der Waals surface area contributed by atoms with E-state index < -0.39 is 0 Å². The molecular weight excluding hydrogens is 330 g/mol. The number of aromatic nitrogens is 1. The number of aryl methyl sites for hydroxylation is 1.